The molecule has 1 radical (unpaired) electrons. The number of aromatic nitrogens is 1. The lowest BCUT2D eigenvalue weighted by Gasteiger charge is -2.42. The molecule has 0 spiro atoms. The van der Waals surface area contributed by atoms with Crippen molar-refractivity contribution in [3.63, 3.8) is 0 Å². The van der Waals surface area contributed by atoms with E-state index in [1.165, 1.54) is 107 Å². The fourth-order valence-electron chi connectivity index (χ4n) is 9.99. The maximum absolute atomic E-state index is 3.80. The lowest BCUT2D eigenvalue weighted by atomic mass is 9.58. The van der Waals surface area contributed by atoms with Gasteiger partial charge in [-0.2, -0.15) is 0 Å². The molecular weight excluding hydrogens is 711 g/mol. The van der Waals surface area contributed by atoms with E-state index in [0.29, 0.717) is 0 Å². The molecule has 0 unspecified atom stereocenters. The van der Waals surface area contributed by atoms with Crippen LogP contribution in [-0.2, 0) is 10.8 Å². The molecule has 2 nitrogen and oxygen atoms in total. The lowest BCUT2D eigenvalue weighted by Crippen LogP contribution is -2.37. The molecule has 0 saturated heterocycles. The van der Waals surface area contributed by atoms with E-state index < -0.39 is 0 Å². The van der Waals surface area contributed by atoms with Crippen molar-refractivity contribution in [3.05, 3.63) is 187 Å². The van der Waals surface area contributed by atoms with E-state index in [9.17, 15) is 0 Å². The summed E-state index contributed by atoms with van der Waals surface area (Å²) in [5.41, 5.74) is 21.2. The number of benzene rings is 8. The van der Waals surface area contributed by atoms with E-state index in [2.05, 4.69) is 221 Å². The minimum absolute atomic E-state index is 0.0658. The molecule has 0 amide bonds. The van der Waals surface area contributed by atoms with Crippen molar-refractivity contribution in [1.29, 1.82) is 0 Å². The smallest absolute Gasteiger partial charge is 0.197 e. The Morgan fingerprint density at radius 3 is 1.73 bits per heavy atom. The number of hydrogen-bond acceptors (Lipinski definition) is 1. The van der Waals surface area contributed by atoms with Crippen LogP contribution in [0.3, 0.4) is 0 Å². The van der Waals surface area contributed by atoms with Crippen LogP contribution in [0.4, 0.5) is 11.4 Å². The van der Waals surface area contributed by atoms with Crippen molar-refractivity contribution < 1.29 is 0 Å². The maximum Gasteiger partial charge on any atom is 0.197 e. The van der Waals surface area contributed by atoms with Crippen LogP contribution in [0.15, 0.2) is 176 Å². The van der Waals surface area contributed by atoms with Crippen LogP contribution < -0.4 is 16.2 Å². The summed E-state index contributed by atoms with van der Waals surface area (Å²) in [7, 11) is 2.44. The minimum atomic E-state index is 0.0658. The predicted octanol–water partition coefficient (Wildman–Crippen LogP) is 13.5. The van der Waals surface area contributed by atoms with Crippen molar-refractivity contribution in [2.45, 2.75) is 51.4 Å². The van der Waals surface area contributed by atoms with Gasteiger partial charge in [-0.1, -0.05) is 148 Å². The molecule has 9 aromatic rings. The highest BCUT2D eigenvalue weighted by molar-refractivity contribution is 6.73. The van der Waals surface area contributed by atoms with Crippen LogP contribution in [-0.4, -0.2) is 11.8 Å². The maximum atomic E-state index is 3.80. The SMILES string of the molecule is CC1(C)CCC(C)(C)c2cc3c(cc21)c1c(-c2cc(-c4ccccc4)cc(-c4ccccc4)c2)cc(-c2ccccc2Nc2ccccc2)c2c1n3-c1ccccc1[B]2. The summed E-state index contributed by atoms with van der Waals surface area (Å²) in [6.07, 6.45) is 2.34. The van der Waals surface area contributed by atoms with Gasteiger partial charge >= 0.3 is 0 Å². The average Bonchev–Trinajstić information content (AvgIpc) is 3.61. The number of nitrogens with one attached hydrogen (secondary N) is 1. The normalized spacial score (nSPS) is 14.7. The fourth-order valence-corrected chi connectivity index (χ4v) is 9.99. The highest BCUT2D eigenvalue weighted by atomic mass is 15.0. The van der Waals surface area contributed by atoms with Crippen molar-refractivity contribution in [3.8, 4) is 50.2 Å². The Morgan fingerprint density at radius 2 is 1.05 bits per heavy atom. The minimum Gasteiger partial charge on any atom is -0.355 e. The first-order valence-electron chi connectivity index (χ1n) is 21.1. The van der Waals surface area contributed by atoms with Crippen molar-refractivity contribution in [2.24, 2.45) is 0 Å². The summed E-state index contributed by atoms with van der Waals surface area (Å²) in [5, 5.41) is 6.43. The van der Waals surface area contributed by atoms with E-state index in [-0.39, 0.29) is 10.8 Å². The van der Waals surface area contributed by atoms with E-state index in [1.807, 2.05) is 0 Å². The zero-order valence-electron chi connectivity index (χ0n) is 34.2. The van der Waals surface area contributed by atoms with Crippen LogP contribution >= 0.6 is 0 Å². The average molecular weight is 758 g/mol. The molecule has 0 fully saturated rings. The quantitative estimate of drug-likeness (QED) is 0.167. The molecule has 8 aromatic carbocycles. The first-order valence-corrected chi connectivity index (χ1v) is 21.1. The fraction of sp³-hybridized carbons (Fsp3) is 0.143. The van der Waals surface area contributed by atoms with Gasteiger partial charge in [0.1, 0.15) is 0 Å². The number of fused-ring (bicyclic) bond motifs is 6. The molecule has 1 aromatic heterocycles. The third kappa shape index (κ3) is 5.86. The van der Waals surface area contributed by atoms with Crippen LogP contribution in [0.25, 0.3) is 72.0 Å². The second-order valence-electron chi connectivity index (χ2n) is 17.9. The van der Waals surface area contributed by atoms with Gasteiger partial charge in [0.2, 0.25) is 0 Å². The lowest BCUT2D eigenvalue weighted by molar-refractivity contribution is 0.332. The monoisotopic (exact) mass is 757 g/mol. The molecule has 1 aliphatic heterocycles. The van der Waals surface area contributed by atoms with Gasteiger partial charge in [-0.3, -0.25) is 0 Å². The van der Waals surface area contributed by atoms with Crippen LogP contribution in [0, 0.1) is 0 Å². The summed E-state index contributed by atoms with van der Waals surface area (Å²) in [5.74, 6) is 0. The molecule has 283 valence electrons. The number of nitrogens with zero attached hydrogens (tertiary/aromatic N) is 1. The van der Waals surface area contributed by atoms with Crippen LogP contribution in [0.5, 0.6) is 0 Å². The van der Waals surface area contributed by atoms with Gasteiger partial charge < -0.3 is 9.88 Å². The van der Waals surface area contributed by atoms with Gasteiger partial charge in [-0.25, -0.2) is 0 Å². The largest absolute Gasteiger partial charge is 0.355 e. The van der Waals surface area contributed by atoms with E-state index in [0.717, 1.165) is 11.4 Å². The molecule has 1 aliphatic carbocycles. The standard InChI is InChI=1S/C56H46BN2/c1-55(2)28-29-56(3,4)47-35-51-45(34-46(47)55)52-43(40-31-38(36-18-8-5-9-19-36)30-39(32-40)37-20-10-6-11-21-37)33-44(53-54(52)59(51)50-27-17-15-25-48(50)57-53)42-24-14-16-26-49(42)58-41-22-12-7-13-23-41/h5-27,30-35,58H,28-29H2,1-4H3. The summed E-state index contributed by atoms with van der Waals surface area (Å²) in [6.45, 7) is 9.78. The number of anilines is 2. The Morgan fingerprint density at radius 1 is 0.492 bits per heavy atom. The van der Waals surface area contributed by atoms with Gasteiger partial charge in [0, 0.05) is 38.9 Å². The predicted molar refractivity (Wildman–Crippen MR) is 253 cm³/mol. The summed E-state index contributed by atoms with van der Waals surface area (Å²) < 4.78 is 2.60. The highest BCUT2D eigenvalue weighted by Crippen LogP contribution is 2.50. The van der Waals surface area contributed by atoms with Crippen LogP contribution in [0.1, 0.15) is 51.7 Å². The molecule has 0 bridgehead atoms. The number of para-hydroxylation sites is 3. The molecule has 2 aliphatic rings. The van der Waals surface area contributed by atoms with Crippen molar-refractivity contribution in [2.75, 3.05) is 5.32 Å². The van der Waals surface area contributed by atoms with Gasteiger partial charge in [0.15, 0.2) is 7.28 Å². The molecule has 2 heterocycles. The zero-order valence-corrected chi connectivity index (χ0v) is 34.2. The molecule has 0 atom stereocenters. The molecule has 3 heteroatoms. The Kier molecular flexibility index (Phi) is 8.14. The Balaban J connectivity index is 1.31. The van der Waals surface area contributed by atoms with Crippen LogP contribution in [0.2, 0.25) is 0 Å². The first-order chi connectivity index (χ1) is 28.7. The summed E-state index contributed by atoms with van der Waals surface area (Å²) in [4.78, 5) is 0. The molecule has 0 saturated carbocycles. The number of hydrogen-bond donors (Lipinski definition) is 1. The Bertz CT molecular complexity index is 3030. The second kappa shape index (κ2) is 13.5. The van der Waals surface area contributed by atoms with Crippen molar-refractivity contribution in [1.82, 2.24) is 4.57 Å². The third-order valence-electron chi connectivity index (χ3n) is 13.2. The highest BCUT2D eigenvalue weighted by Gasteiger charge is 2.39. The van der Waals surface area contributed by atoms with Gasteiger partial charge in [-0.15, -0.1) is 0 Å². The van der Waals surface area contributed by atoms with E-state index >= 15 is 0 Å². The first kappa shape index (κ1) is 35.6. The molecular formula is C56H46BN2. The summed E-state index contributed by atoms with van der Waals surface area (Å²) in [6, 6.07) is 64.9. The van der Waals surface area contributed by atoms with Gasteiger partial charge in [-0.05, 0) is 140 Å². The van der Waals surface area contributed by atoms with E-state index in [1.54, 1.807) is 0 Å². The third-order valence-corrected chi connectivity index (χ3v) is 13.2. The summed E-state index contributed by atoms with van der Waals surface area (Å²) >= 11 is 0. The molecule has 1 N–H and O–H groups in total. The molecule has 11 rings (SSSR count). The molecule has 59 heavy (non-hydrogen) atoms. The number of rotatable bonds is 6. The van der Waals surface area contributed by atoms with Gasteiger partial charge in [0.25, 0.3) is 0 Å². The Hall–Kier alpha value is -6.58. The van der Waals surface area contributed by atoms with Crippen molar-refractivity contribution >= 4 is 51.4 Å². The van der Waals surface area contributed by atoms with Gasteiger partial charge in [0.05, 0.1) is 5.52 Å². The van der Waals surface area contributed by atoms with E-state index in [4.69, 9.17) is 0 Å². The second-order valence-corrected chi connectivity index (χ2v) is 17.9. The zero-order chi connectivity index (χ0) is 39.9. The Labute approximate surface area is 348 Å². The topological polar surface area (TPSA) is 17.0 Å².